The van der Waals surface area contributed by atoms with Crippen molar-refractivity contribution >= 4 is 0 Å². The number of rotatable bonds is 1. The molecule has 0 aromatic rings. The van der Waals surface area contributed by atoms with E-state index in [4.69, 9.17) is 0 Å². The zero-order chi connectivity index (χ0) is 12.7. The fourth-order valence-electron chi connectivity index (χ4n) is 3.91. The number of hydrogen-bond acceptors (Lipinski definition) is 2. The van der Waals surface area contributed by atoms with Gasteiger partial charge in [0.05, 0.1) is 0 Å². The lowest BCUT2D eigenvalue weighted by Crippen LogP contribution is -2.57. The van der Waals surface area contributed by atoms with Crippen LogP contribution in [0.15, 0.2) is 0 Å². The average Bonchev–Trinajstić information content (AvgIpc) is 2.25. The van der Waals surface area contributed by atoms with Gasteiger partial charge in [-0.3, -0.25) is 0 Å². The normalized spacial score (nSPS) is 40.4. The Morgan fingerprint density at radius 2 is 1.59 bits per heavy atom. The molecule has 0 spiro atoms. The summed E-state index contributed by atoms with van der Waals surface area (Å²) in [6.07, 6.45) is 8.78. The predicted molar refractivity (Wildman–Crippen MR) is 71.1 cm³/mol. The Morgan fingerprint density at radius 3 is 2.18 bits per heavy atom. The SMILES string of the molecule is CC1CCCC(C)(C2CCC(C)(C)CC2)N1O. The van der Waals surface area contributed by atoms with Gasteiger partial charge in [0, 0.05) is 11.6 Å². The molecule has 0 bridgehead atoms. The van der Waals surface area contributed by atoms with Gasteiger partial charge in [0.25, 0.3) is 0 Å². The number of hydrogen-bond donors (Lipinski definition) is 1. The van der Waals surface area contributed by atoms with Crippen molar-refractivity contribution in [1.29, 1.82) is 0 Å². The molecule has 2 fully saturated rings. The third-order valence-corrected chi connectivity index (χ3v) is 5.46. The van der Waals surface area contributed by atoms with E-state index < -0.39 is 0 Å². The summed E-state index contributed by atoms with van der Waals surface area (Å²) < 4.78 is 0. The number of hydroxylamine groups is 2. The highest BCUT2D eigenvalue weighted by Gasteiger charge is 2.45. The zero-order valence-electron chi connectivity index (χ0n) is 12.0. The summed E-state index contributed by atoms with van der Waals surface area (Å²) in [6.45, 7) is 9.20. The molecule has 2 unspecified atom stereocenters. The minimum Gasteiger partial charge on any atom is -0.313 e. The fraction of sp³-hybridized carbons (Fsp3) is 1.00. The fourth-order valence-corrected chi connectivity index (χ4v) is 3.91. The molecule has 0 amide bonds. The molecule has 2 atom stereocenters. The van der Waals surface area contributed by atoms with Crippen LogP contribution in [-0.4, -0.2) is 21.9 Å². The van der Waals surface area contributed by atoms with Crippen molar-refractivity contribution in [2.45, 2.75) is 84.2 Å². The van der Waals surface area contributed by atoms with Crippen molar-refractivity contribution in [3.8, 4) is 0 Å². The molecule has 1 saturated carbocycles. The molecule has 2 heteroatoms. The molecule has 17 heavy (non-hydrogen) atoms. The Labute approximate surface area is 106 Å². The van der Waals surface area contributed by atoms with Crippen LogP contribution in [0.4, 0.5) is 0 Å². The molecule has 100 valence electrons. The molecule has 1 aliphatic heterocycles. The summed E-state index contributed by atoms with van der Waals surface area (Å²) in [4.78, 5) is 0. The largest absolute Gasteiger partial charge is 0.313 e. The van der Waals surface area contributed by atoms with Crippen LogP contribution in [0.2, 0.25) is 0 Å². The van der Waals surface area contributed by atoms with Gasteiger partial charge in [-0.05, 0) is 70.1 Å². The van der Waals surface area contributed by atoms with E-state index in [2.05, 4.69) is 27.7 Å². The Kier molecular flexibility index (Phi) is 3.57. The minimum absolute atomic E-state index is 0.0359. The van der Waals surface area contributed by atoms with Crippen LogP contribution in [0.1, 0.15) is 72.6 Å². The van der Waals surface area contributed by atoms with E-state index in [0.29, 0.717) is 17.4 Å². The lowest BCUT2D eigenvalue weighted by Gasteiger charge is -2.51. The first-order valence-corrected chi connectivity index (χ1v) is 7.33. The van der Waals surface area contributed by atoms with Gasteiger partial charge >= 0.3 is 0 Å². The molecule has 1 saturated heterocycles. The summed E-state index contributed by atoms with van der Waals surface area (Å²) in [7, 11) is 0. The van der Waals surface area contributed by atoms with Crippen LogP contribution >= 0.6 is 0 Å². The molecule has 0 aromatic heterocycles. The Hall–Kier alpha value is -0.0800. The van der Waals surface area contributed by atoms with E-state index in [1.807, 2.05) is 0 Å². The maximum absolute atomic E-state index is 10.4. The Balaban J connectivity index is 2.05. The van der Waals surface area contributed by atoms with Gasteiger partial charge in [0.15, 0.2) is 0 Å². The van der Waals surface area contributed by atoms with Gasteiger partial charge in [-0.15, -0.1) is 0 Å². The third kappa shape index (κ3) is 2.53. The maximum atomic E-state index is 10.4. The molecule has 1 N–H and O–H groups in total. The summed E-state index contributed by atoms with van der Waals surface area (Å²) in [5.74, 6) is 0.684. The third-order valence-electron chi connectivity index (χ3n) is 5.46. The molecule has 1 aliphatic carbocycles. The molecule has 2 rings (SSSR count). The van der Waals surface area contributed by atoms with Crippen LogP contribution in [0.3, 0.4) is 0 Å². The summed E-state index contributed by atoms with van der Waals surface area (Å²) in [5, 5.41) is 12.1. The topological polar surface area (TPSA) is 23.5 Å². The summed E-state index contributed by atoms with van der Waals surface area (Å²) >= 11 is 0. The van der Waals surface area contributed by atoms with E-state index in [9.17, 15) is 5.21 Å². The van der Waals surface area contributed by atoms with Crippen LogP contribution in [0.5, 0.6) is 0 Å². The smallest absolute Gasteiger partial charge is 0.0463 e. The maximum Gasteiger partial charge on any atom is 0.0463 e. The summed E-state index contributed by atoms with van der Waals surface area (Å²) in [6, 6.07) is 0.337. The molecule has 0 radical (unpaired) electrons. The Morgan fingerprint density at radius 1 is 1.00 bits per heavy atom. The predicted octanol–water partition coefficient (Wildman–Crippen LogP) is 4.23. The van der Waals surface area contributed by atoms with Gasteiger partial charge in [0.2, 0.25) is 0 Å². The van der Waals surface area contributed by atoms with Crippen LogP contribution in [0, 0.1) is 11.3 Å². The quantitative estimate of drug-likeness (QED) is 0.740. The van der Waals surface area contributed by atoms with Crippen LogP contribution in [-0.2, 0) is 0 Å². The van der Waals surface area contributed by atoms with Crippen molar-refractivity contribution < 1.29 is 5.21 Å². The first kappa shape index (κ1) is 13.4. The molecule has 2 nitrogen and oxygen atoms in total. The molecule has 2 aliphatic rings. The molecule has 1 heterocycles. The number of piperidine rings is 1. The average molecular weight is 239 g/mol. The zero-order valence-corrected chi connectivity index (χ0v) is 12.0. The van der Waals surface area contributed by atoms with E-state index >= 15 is 0 Å². The second kappa shape index (κ2) is 4.55. The molecule has 0 aromatic carbocycles. The van der Waals surface area contributed by atoms with Crippen molar-refractivity contribution in [3.05, 3.63) is 0 Å². The van der Waals surface area contributed by atoms with Crippen molar-refractivity contribution in [2.75, 3.05) is 0 Å². The molecular weight excluding hydrogens is 210 g/mol. The van der Waals surface area contributed by atoms with Gasteiger partial charge < -0.3 is 5.21 Å². The van der Waals surface area contributed by atoms with Gasteiger partial charge in [-0.25, -0.2) is 0 Å². The van der Waals surface area contributed by atoms with E-state index in [1.165, 1.54) is 38.5 Å². The lowest BCUT2D eigenvalue weighted by atomic mass is 9.65. The van der Waals surface area contributed by atoms with E-state index in [-0.39, 0.29) is 5.54 Å². The van der Waals surface area contributed by atoms with Crippen LogP contribution in [0.25, 0.3) is 0 Å². The van der Waals surface area contributed by atoms with Gasteiger partial charge in [0.1, 0.15) is 0 Å². The lowest BCUT2D eigenvalue weighted by molar-refractivity contribution is -0.234. The Bertz CT molecular complexity index is 266. The first-order valence-electron chi connectivity index (χ1n) is 7.33. The van der Waals surface area contributed by atoms with Crippen molar-refractivity contribution in [1.82, 2.24) is 5.06 Å². The highest BCUT2D eigenvalue weighted by atomic mass is 16.5. The van der Waals surface area contributed by atoms with Crippen molar-refractivity contribution in [3.63, 3.8) is 0 Å². The van der Waals surface area contributed by atoms with E-state index in [0.717, 1.165) is 6.42 Å². The summed E-state index contributed by atoms with van der Waals surface area (Å²) in [5.41, 5.74) is 0.557. The standard InChI is InChI=1S/C15H29NO/c1-12-6-5-9-15(4,16(12)17)13-7-10-14(2,3)11-8-13/h12-13,17H,5-11H2,1-4H3. The molecular formula is C15H29NO. The number of nitrogens with zero attached hydrogens (tertiary/aromatic N) is 1. The highest BCUT2D eigenvalue weighted by molar-refractivity contribution is 4.97. The minimum atomic E-state index is 0.0359. The highest BCUT2D eigenvalue weighted by Crippen LogP contribution is 2.47. The van der Waals surface area contributed by atoms with Crippen LogP contribution < -0.4 is 0 Å². The first-order chi connectivity index (χ1) is 7.85. The van der Waals surface area contributed by atoms with Gasteiger partial charge in [-0.2, -0.15) is 5.06 Å². The van der Waals surface area contributed by atoms with Gasteiger partial charge in [-0.1, -0.05) is 13.8 Å². The second-order valence-electron chi connectivity index (χ2n) is 7.38. The monoisotopic (exact) mass is 239 g/mol. The van der Waals surface area contributed by atoms with E-state index in [1.54, 1.807) is 5.06 Å². The van der Waals surface area contributed by atoms with Crippen molar-refractivity contribution in [2.24, 2.45) is 11.3 Å². The second-order valence-corrected chi connectivity index (χ2v) is 7.38.